The van der Waals surface area contributed by atoms with Gasteiger partial charge in [0.2, 0.25) is 0 Å². The van der Waals surface area contributed by atoms with Crippen LogP contribution in [0.25, 0.3) is 0 Å². The average molecular weight is 218 g/mol. The van der Waals surface area contributed by atoms with Crippen molar-refractivity contribution in [2.45, 2.75) is 25.9 Å². The van der Waals surface area contributed by atoms with Crippen LogP contribution < -0.4 is 4.90 Å². The second-order valence-corrected chi connectivity index (χ2v) is 5.04. The number of hydrogen-bond donors (Lipinski definition) is 1. The molecule has 16 heavy (non-hydrogen) atoms. The summed E-state index contributed by atoms with van der Waals surface area (Å²) in [5.41, 5.74) is 0.892. The number of aliphatic hydroxyl groups excluding tert-OH is 1. The quantitative estimate of drug-likeness (QED) is 0.822. The van der Waals surface area contributed by atoms with Gasteiger partial charge in [0.15, 0.2) is 0 Å². The Hall–Kier alpha value is -1.09. The molecule has 2 heterocycles. The van der Waals surface area contributed by atoms with Crippen molar-refractivity contribution in [1.82, 2.24) is 4.98 Å². The molecule has 2 aliphatic rings. The smallest absolute Gasteiger partial charge is 0.128 e. The summed E-state index contributed by atoms with van der Waals surface area (Å²) in [6.07, 6.45) is 6.00. The fourth-order valence-corrected chi connectivity index (χ4v) is 3.12. The number of nitrogens with zero attached hydrogens (tertiary/aromatic N) is 2. The number of pyridine rings is 1. The highest BCUT2D eigenvalue weighted by Crippen LogP contribution is 2.38. The van der Waals surface area contributed by atoms with Crippen molar-refractivity contribution >= 4 is 5.82 Å². The van der Waals surface area contributed by atoms with Gasteiger partial charge in [-0.05, 0) is 36.3 Å². The van der Waals surface area contributed by atoms with E-state index in [1.54, 1.807) is 6.20 Å². The normalized spacial score (nSPS) is 28.4. The predicted molar refractivity (Wildman–Crippen MR) is 63.2 cm³/mol. The van der Waals surface area contributed by atoms with Crippen molar-refractivity contribution in [3.05, 3.63) is 23.9 Å². The summed E-state index contributed by atoms with van der Waals surface area (Å²) in [6.45, 7) is 2.44. The molecule has 1 aromatic rings. The maximum absolute atomic E-state index is 8.97. The molecule has 1 aliphatic heterocycles. The van der Waals surface area contributed by atoms with Gasteiger partial charge in [-0.3, -0.25) is 0 Å². The summed E-state index contributed by atoms with van der Waals surface area (Å²) in [5.74, 6) is 2.88. The van der Waals surface area contributed by atoms with Gasteiger partial charge in [0.05, 0.1) is 6.61 Å². The van der Waals surface area contributed by atoms with Crippen LogP contribution in [0.3, 0.4) is 0 Å². The minimum absolute atomic E-state index is 0.0819. The van der Waals surface area contributed by atoms with E-state index >= 15 is 0 Å². The molecule has 0 amide bonds. The molecule has 0 radical (unpaired) electrons. The average Bonchev–Trinajstić information content (AvgIpc) is 2.89. The van der Waals surface area contributed by atoms with Gasteiger partial charge in [-0.2, -0.15) is 0 Å². The van der Waals surface area contributed by atoms with Gasteiger partial charge in [0, 0.05) is 19.3 Å². The van der Waals surface area contributed by atoms with Crippen LogP contribution in [0.15, 0.2) is 18.3 Å². The fraction of sp³-hybridized carbons (Fsp3) is 0.615. The van der Waals surface area contributed by atoms with Crippen LogP contribution in [0.5, 0.6) is 0 Å². The van der Waals surface area contributed by atoms with Crippen LogP contribution in [0, 0.1) is 11.8 Å². The summed E-state index contributed by atoms with van der Waals surface area (Å²) in [4.78, 5) is 6.82. The number of anilines is 1. The minimum Gasteiger partial charge on any atom is -0.392 e. The molecule has 0 bridgehead atoms. The molecule has 86 valence electrons. The standard InChI is InChI=1S/C13H18N2O/c16-9-10-4-5-13(14-6-10)15-7-11-2-1-3-12(11)8-15/h4-6,11-12,16H,1-3,7-9H2. The van der Waals surface area contributed by atoms with Crippen molar-refractivity contribution in [1.29, 1.82) is 0 Å². The van der Waals surface area contributed by atoms with Crippen molar-refractivity contribution in [3.63, 3.8) is 0 Å². The maximum atomic E-state index is 8.97. The number of aromatic nitrogens is 1. The lowest BCUT2D eigenvalue weighted by atomic mass is 10.0. The zero-order chi connectivity index (χ0) is 11.0. The predicted octanol–water partition coefficient (Wildman–Crippen LogP) is 1.81. The SMILES string of the molecule is OCc1ccc(N2CC3CCCC3C2)nc1. The third-order valence-electron chi connectivity index (χ3n) is 4.04. The highest BCUT2D eigenvalue weighted by atomic mass is 16.3. The summed E-state index contributed by atoms with van der Waals surface area (Å²) in [6, 6.07) is 4.00. The minimum atomic E-state index is 0.0819. The number of aliphatic hydroxyl groups is 1. The highest BCUT2D eigenvalue weighted by Gasteiger charge is 2.36. The van der Waals surface area contributed by atoms with Crippen LogP contribution in [0.2, 0.25) is 0 Å². The second kappa shape index (κ2) is 4.06. The summed E-state index contributed by atoms with van der Waals surface area (Å²) in [5, 5.41) is 8.97. The molecule has 0 aromatic carbocycles. The first-order chi connectivity index (χ1) is 7.86. The Bertz CT molecular complexity index is 351. The lowest BCUT2D eigenvalue weighted by molar-refractivity contribution is 0.281. The molecular formula is C13H18N2O. The lowest BCUT2D eigenvalue weighted by Gasteiger charge is -2.18. The van der Waals surface area contributed by atoms with Crippen molar-refractivity contribution in [2.24, 2.45) is 11.8 Å². The monoisotopic (exact) mass is 218 g/mol. The Morgan fingerprint density at radius 3 is 2.56 bits per heavy atom. The molecule has 1 saturated carbocycles. The molecule has 1 N–H and O–H groups in total. The number of rotatable bonds is 2. The molecular weight excluding hydrogens is 200 g/mol. The van der Waals surface area contributed by atoms with E-state index in [1.165, 1.54) is 32.4 Å². The van der Waals surface area contributed by atoms with Gasteiger partial charge in [0.25, 0.3) is 0 Å². The molecule has 2 fully saturated rings. The Morgan fingerprint density at radius 1 is 1.25 bits per heavy atom. The van der Waals surface area contributed by atoms with Crippen molar-refractivity contribution in [3.8, 4) is 0 Å². The van der Waals surface area contributed by atoms with Gasteiger partial charge < -0.3 is 10.0 Å². The zero-order valence-corrected chi connectivity index (χ0v) is 9.47. The van der Waals surface area contributed by atoms with E-state index in [2.05, 4.69) is 9.88 Å². The molecule has 1 aliphatic carbocycles. The molecule has 0 spiro atoms. The number of hydrogen-bond acceptors (Lipinski definition) is 3. The Kier molecular flexibility index (Phi) is 2.56. The third-order valence-corrected chi connectivity index (χ3v) is 4.04. The first-order valence-electron chi connectivity index (χ1n) is 6.17. The van der Waals surface area contributed by atoms with Crippen LogP contribution in [-0.2, 0) is 6.61 Å². The largest absolute Gasteiger partial charge is 0.392 e. The Balaban J connectivity index is 1.73. The third kappa shape index (κ3) is 1.69. The summed E-state index contributed by atoms with van der Waals surface area (Å²) >= 11 is 0. The van der Waals surface area contributed by atoms with E-state index in [-0.39, 0.29) is 6.61 Å². The van der Waals surface area contributed by atoms with Gasteiger partial charge in [-0.15, -0.1) is 0 Å². The van der Waals surface area contributed by atoms with Gasteiger partial charge >= 0.3 is 0 Å². The van der Waals surface area contributed by atoms with Gasteiger partial charge in [0.1, 0.15) is 5.82 Å². The van der Waals surface area contributed by atoms with E-state index in [9.17, 15) is 0 Å². The van der Waals surface area contributed by atoms with Gasteiger partial charge in [-0.1, -0.05) is 12.5 Å². The van der Waals surface area contributed by atoms with E-state index in [0.29, 0.717) is 0 Å². The lowest BCUT2D eigenvalue weighted by Crippen LogP contribution is -2.21. The molecule has 1 saturated heterocycles. The topological polar surface area (TPSA) is 36.4 Å². The zero-order valence-electron chi connectivity index (χ0n) is 9.47. The Labute approximate surface area is 96.1 Å². The Morgan fingerprint density at radius 2 is 2.00 bits per heavy atom. The molecule has 2 atom stereocenters. The summed E-state index contributed by atoms with van der Waals surface area (Å²) in [7, 11) is 0. The van der Waals surface area contributed by atoms with Crippen LogP contribution in [-0.4, -0.2) is 23.2 Å². The summed E-state index contributed by atoms with van der Waals surface area (Å²) < 4.78 is 0. The first-order valence-corrected chi connectivity index (χ1v) is 6.17. The molecule has 2 unspecified atom stereocenters. The molecule has 3 nitrogen and oxygen atoms in total. The van der Waals surface area contributed by atoms with Crippen molar-refractivity contribution in [2.75, 3.05) is 18.0 Å². The van der Waals surface area contributed by atoms with E-state index in [0.717, 1.165) is 23.2 Å². The highest BCUT2D eigenvalue weighted by molar-refractivity contribution is 5.41. The van der Waals surface area contributed by atoms with Crippen LogP contribution in [0.1, 0.15) is 24.8 Å². The molecule has 1 aromatic heterocycles. The molecule has 3 heteroatoms. The van der Waals surface area contributed by atoms with Crippen LogP contribution in [0.4, 0.5) is 5.82 Å². The van der Waals surface area contributed by atoms with Crippen molar-refractivity contribution < 1.29 is 5.11 Å². The van der Waals surface area contributed by atoms with Gasteiger partial charge in [-0.25, -0.2) is 4.98 Å². The van der Waals surface area contributed by atoms with Crippen LogP contribution >= 0.6 is 0 Å². The number of fused-ring (bicyclic) bond motifs is 1. The van der Waals surface area contributed by atoms with E-state index < -0.39 is 0 Å². The second-order valence-electron chi connectivity index (χ2n) is 5.04. The van der Waals surface area contributed by atoms with E-state index in [4.69, 9.17) is 5.11 Å². The maximum Gasteiger partial charge on any atom is 0.128 e. The fourth-order valence-electron chi connectivity index (χ4n) is 3.12. The van der Waals surface area contributed by atoms with E-state index in [1.807, 2.05) is 12.1 Å². The molecule has 3 rings (SSSR count). The first kappa shape index (κ1) is 10.1.